The van der Waals surface area contributed by atoms with Crippen LogP contribution < -0.4 is 0 Å². The smallest absolute Gasteiger partial charge is 0.384 e. The average molecular weight is 282 g/mol. The van der Waals surface area contributed by atoms with E-state index in [0.29, 0.717) is 0 Å². The lowest BCUT2D eigenvalue weighted by molar-refractivity contribution is -0.139. The Labute approximate surface area is 83.7 Å². The molecular formula is C7H7IO4. The highest BCUT2D eigenvalue weighted by molar-refractivity contribution is 14.1. The fourth-order valence-electron chi connectivity index (χ4n) is 0.314. The van der Waals surface area contributed by atoms with Crippen LogP contribution in [0.4, 0.5) is 0 Å². The number of carbonyl (C=O) groups is 2. The van der Waals surface area contributed by atoms with Crippen molar-refractivity contribution in [2.75, 3.05) is 18.1 Å². The van der Waals surface area contributed by atoms with Crippen LogP contribution in [0.15, 0.2) is 0 Å². The highest BCUT2D eigenvalue weighted by atomic mass is 127. The third-order valence-corrected chi connectivity index (χ3v) is 1.41. The van der Waals surface area contributed by atoms with Gasteiger partial charge in [-0.25, -0.2) is 4.79 Å². The summed E-state index contributed by atoms with van der Waals surface area (Å²) < 4.78 is 9.06. The standard InChI is InChI=1S/C7H7IO4/c1-11-6(9)3-2-4-12-7(10)5-8/h4-5H2,1H3. The summed E-state index contributed by atoms with van der Waals surface area (Å²) in [4.78, 5) is 20.9. The van der Waals surface area contributed by atoms with Crippen LogP contribution in [0.2, 0.25) is 0 Å². The molecule has 0 atom stereocenters. The van der Waals surface area contributed by atoms with E-state index in [-0.39, 0.29) is 17.0 Å². The first-order valence-electron chi connectivity index (χ1n) is 2.99. The largest absolute Gasteiger partial charge is 0.459 e. The molecule has 0 fully saturated rings. The van der Waals surface area contributed by atoms with Crippen LogP contribution in [0.3, 0.4) is 0 Å². The summed E-state index contributed by atoms with van der Waals surface area (Å²) in [5.74, 6) is 3.46. The molecular weight excluding hydrogens is 275 g/mol. The van der Waals surface area contributed by atoms with Crippen molar-refractivity contribution >= 4 is 34.5 Å². The molecule has 0 rings (SSSR count). The van der Waals surface area contributed by atoms with Gasteiger partial charge in [-0.3, -0.25) is 4.79 Å². The van der Waals surface area contributed by atoms with Crippen LogP contribution in [0.25, 0.3) is 0 Å². The van der Waals surface area contributed by atoms with Gasteiger partial charge in [0.25, 0.3) is 0 Å². The minimum Gasteiger partial charge on any atom is -0.459 e. The van der Waals surface area contributed by atoms with Crippen molar-refractivity contribution in [2.24, 2.45) is 0 Å². The maximum atomic E-state index is 10.5. The molecule has 0 aromatic carbocycles. The number of rotatable bonds is 2. The topological polar surface area (TPSA) is 52.6 Å². The average Bonchev–Trinajstić information content (AvgIpc) is 2.11. The van der Waals surface area contributed by atoms with Gasteiger partial charge >= 0.3 is 11.9 Å². The third-order valence-electron chi connectivity index (χ3n) is 0.790. The van der Waals surface area contributed by atoms with Crippen molar-refractivity contribution in [2.45, 2.75) is 0 Å². The second kappa shape index (κ2) is 6.91. The predicted octanol–water partition coefficient (Wildman–Crippen LogP) is 0.141. The molecule has 66 valence electrons. The molecule has 0 unspecified atom stereocenters. The van der Waals surface area contributed by atoms with Crippen molar-refractivity contribution in [1.29, 1.82) is 0 Å². The highest BCUT2D eigenvalue weighted by Crippen LogP contribution is 1.84. The van der Waals surface area contributed by atoms with Crippen LogP contribution in [-0.4, -0.2) is 30.1 Å². The van der Waals surface area contributed by atoms with Gasteiger partial charge in [-0.15, -0.1) is 0 Å². The van der Waals surface area contributed by atoms with Crippen molar-refractivity contribution in [3.63, 3.8) is 0 Å². The van der Waals surface area contributed by atoms with Gasteiger partial charge < -0.3 is 9.47 Å². The molecule has 0 aromatic rings. The van der Waals surface area contributed by atoms with Crippen molar-refractivity contribution in [3.05, 3.63) is 0 Å². The minimum atomic E-state index is -0.638. The van der Waals surface area contributed by atoms with E-state index in [1.807, 2.05) is 22.6 Å². The number of halogens is 1. The predicted molar refractivity (Wildman–Crippen MR) is 49.6 cm³/mol. The molecule has 0 saturated heterocycles. The molecule has 4 nitrogen and oxygen atoms in total. The zero-order valence-electron chi connectivity index (χ0n) is 6.43. The van der Waals surface area contributed by atoms with Crippen molar-refractivity contribution in [1.82, 2.24) is 0 Å². The number of hydrogen-bond acceptors (Lipinski definition) is 4. The van der Waals surface area contributed by atoms with Crippen LogP contribution in [0.5, 0.6) is 0 Å². The molecule has 0 spiro atoms. The third kappa shape index (κ3) is 5.97. The molecule has 0 bridgehead atoms. The maximum Gasteiger partial charge on any atom is 0.384 e. The van der Waals surface area contributed by atoms with Gasteiger partial charge in [-0.1, -0.05) is 22.6 Å². The molecule has 0 saturated carbocycles. The quantitative estimate of drug-likeness (QED) is 0.238. The number of esters is 2. The first kappa shape index (κ1) is 11.2. The first-order chi connectivity index (χ1) is 5.70. The second-order valence-corrected chi connectivity index (χ2v) is 2.35. The molecule has 0 N–H and O–H groups in total. The van der Waals surface area contributed by atoms with E-state index in [2.05, 4.69) is 21.3 Å². The van der Waals surface area contributed by atoms with Crippen LogP contribution in [0.1, 0.15) is 0 Å². The summed E-state index contributed by atoms with van der Waals surface area (Å²) in [6.45, 7) is -0.0725. The maximum absolute atomic E-state index is 10.5. The van der Waals surface area contributed by atoms with Crippen LogP contribution >= 0.6 is 22.6 Å². The van der Waals surface area contributed by atoms with Crippen molar-refractivity contribution < 1.29 is 19.1 Å². The van der Waals surface area contributed by atoms with Gasteiger partial charge in [-0.2, -0.15) is 0 Å². The minimum absolute atomic E-state index is 0.0725. The molecule has 0 aliphatic rings. The van der Waals surface area contributed by atoms with E-state index >= 15 is 0 Å². The number of methoxy groups -OCH3 is 1. The van der Waals surface area contributed by atoms with E-state index < -0.39 is 5.97 Å². The fraction of sp³-hybridized carbons (Fsp3) is 0.429. The molecule has 12 heavy (non-hydrogen) atoms. The summed E-state index contributed by atoms with van der Waals surface area (Å²) in [5.41, 5.74) is 0. The lowest BCUT2D eigenvalue weighted by atomic mass is 10.6. The van der Waals surface area contributed by atoms with E-state index in [0.717, 1.165) is 0 Å². The van der Waals surface area contributed by atoms with Gasteiger partial charge in [0.15, 0.2) is 6.61 Å². The monoisotopic (exact) mass is 282 g/mol. The fourth-order valence-corrected chi connectivity index (χ4v) is 0.535. The Hall–Kier alpha value is -0.770. The SMILES string of the molecule is COC(=O)C#CCOC(=O)CI. The summed E-state index contributed by atoms with van der Waals surface area (Å²) in [5, 5.41) is 0. The second-order valence-electron chi connectivity index (χ2n) is 1.59. The highest BCUT2D eigenvalue weighted by Gasteiger charge is 1.95. The molecule has 0 aliphatic carbocycles. The Morgan fingerprint density at radius 2 is 2.17 bits per heavy atom. The molecule has 0 aromatic heterocycles. The lowest BCUT2D eigenvalue weighted by Crippen LogP contribution is -2.05. The number of carbonyl (C=O) groups excluding carboxylic acids is 2. The van der Waals surface area contributed by atoms with Crippen LogP contribution in [0, 0.1) is 11.8 Å². The van der Waals surface area contributed by atoms with E-state index in [4.69, 9.17) is 0 Å². The molecule has 0 heterocycles. The number of ether oxygens (including phenoxy) is 2. The Morgan fingerprint density at radius 3 is 2.67 bits per heavy atom. The Kier molecular flexibility index (Phi) is 6.47. The Morgan fingerprint density at radius 1 is 1.50 bits per heavy atom. The molecule has 5 heteroatoms. The first-order valence-corrected chi connectivity index (χ1v) is 4.51. The zero-order valence-corrected chi connectivity index (χ0v) is 8.58. The summed E-state index contributed by atoms with van der Waals surface area (Å²) in [7, 11) is 1.23. The van der Waals surface area contributed by atoms with Gasteiger partial charge in [0.2, 0.25) is 0 Å². The van der Waals surface area contributed by atoms with Crippen LogP contribution in [-0.2, 0) is 19.1 Å². The van der Waals surface area contributed by atoms with Gasteiger partial charge in [0, 0.05) is 5.92 Å². The zero-order chi connectivity index (χ0) is 9.40. The summed E-state index contributed by atoms with van der Waals surface area (Å²) in [6, 6.07) is 0. The lowest BCUT2D eigenvalue weighted by Gasteiger charge is -1.93. The van der Waals surface area contributed by atoms with E-state index in [1.165, 1.54) is 7.11 Å². The normalized spacial score (nSPS) is 7.83. The molecule has 0 aliphatic heterocycles. The van der Waals surface area contributed by atoms with Gasteiger partial charge in [-0.05, 0) is 5.92 Å². The summed E-state index contributed by atoms with van der Waals surface area (Å²) in [6.07, 6.45) is 0. The van der Waals surface area contributed by atoms with Gasteiger partial charge in [0.1, 0.15) is 0 Å². The Balaban J connectivity index is 3.59. The number of alkyl halides is 1. The van der Waals surface area contributed by atoms with Crippen molar-refractivity contribution in [3.8, 4) is 11.8 Å². The van der Waals surface area contributed by atoms with Gasteiger partial charge in [0.05, 0.1) is 11.5 Å². The van der Waals surface area contributed by atoms with E-state index in [1.54, 1.807) is 0 Å². The molecule has 0 radical (unpaired) electrons. The Bertz CT molecular complexity index is 225. The summed E-state index contributed by atoms with van der Waals surface area (Å²) >= 11 is 1.87. The van der Waals surface area contributed by atoms with E-state index in [9.17, 15) is 9.59 Å². The number of hydrogen-bond donors (Lipinski definition) is 0. The molecule has 0 amide bonds.